The van der Waals surface area contributed by atoms with E-state index >= 15 is 0 Å². The van der Waals surface area contributed by atoms with Crippen LogP contribution in [0.1, 0.15) is 36.0 Å². The molecule has 0 saturated carbocycles. The second-order valence-corrected chi connectivity index (χ2v) is 6.78. The van der Waals surface area contributed by atoms with Gasteiger partial charge in [-0.15, -0.1) is 0 Å². The molecule has 1 heterocycles. The standard InChI is InChI=1S/C24H21NO2/c26-22-17-10-18-23(27)25(22)24(19-11-4-1-5-12-19,20-13-6-2-7-14-20)21-15-8-3-9-16-21/h1-9,11-16H,10,17-18H2. The van der Waals surface area contributed by atoms with Crippen molar-refractivity contribution in [2.45, 2.75) is 24.8 Å². The van der Waals surface area contributed by atoms with Crippen molar-refractivity contribution in [1.82, 2.24) is 4.90 Å². The number of rotatable bonds is 4. The second-order valence-electron chi connectivity index (χ2n) is 6.78. The summed E-state index contributed by atoms with van der Waals surface area (Å²) in [4.78, 5) is 27.6. The summed E-state index contributed by atoms with van der Waals surface area (Å²) in [6.07, 6.45) is 1.39. The quantitative estimate of drug-likeness (QED) is 0.510. The Balaban J connectivity index is 2.10. The Morgan fingerprint density at radius 3 is 1.22 bits per heavy atom. The van der Waals surface area contributed by atoms with Crippen LogP contribution in [0.4, 0.5) is 0 Å². The van der Waals surface area contributed by atoms with E-state index in [9.17, 15) is 9.59 Å². The molecule has 0 radical (unpaired) electrons. The summed E-state index contributed by atoms with van der Waals surface area (Å²) >= 11 is 0. The molecule has 0 bridgehead atoms. The fourth-order valence-electron chi connectivity index (χ4n) is 4.05. The number of amides is 2. The molecule has 134 valence electrons. The fraction of sp³-hybridized carbons (Fsp3) is 0.167. The lowest BCUT2D eigenvalue weighted by Crippen LogP contribution is -2.55. The molecule has 3 heteroatoms. The fourth-order valence-corrected chi connectivity index (χ4v) is 4.05. The molecule has 27 heavy (non-hydrogen) atoms. The van der Waals surface area contributed by atoms with Gasteiger partial charge in [-0.2, -0.15) is 0 Å². The van der Waals surface area contributed by atoms with Gasteiger partial charge in [-0.1, -0.05) is 91.0 Å². The van der Waals surface area contributed by atoms with Gasteiger partial charge in [0.2, 0.25) is 11.8 Å². The highest BCUT2D eigenvalue weighted by molar-refractivity contribution is 5.99. The predicted octanol–water partition coefficient (Wildman–Crippen LogP) is 4.52. The Bertz CT molecular complexity index is 823. The van der Waals surface area contributed by atoms with Gasteiger partial charge in [0.15, 0.2) is 0 Å². The predicted molar refractivity (Wildman–Crippen MR) is 105 cm³/mol. The minimum atomic E-state index is -0.974. The van der Waals surface area contributed by atoms with Gasteiger partial charge in [-0.3, -0.25) is 14.5 Å². The van der Waals surface area contributed by atoms with Gasteiger partial charge in [-0.05, 0) is 23.1 Å². The van der Waals surface area contributed by atoms with E-state index in [2.05, 4.69) is 0 Å². The summed E-state index contributed by atoms with van der Waals surface area (Å²) in [6.45, 7) is 0. The number of likely N-dealkylation sites (tertiary alicyclic amines) is 1. The average molecular weight is 355 g/mol. The zero-order valence-electron chi connectivity index (χ0n) is 15.0. The van der Waals surface area contributed by atoms with E-state index in [4.69, 9.17) is 0 Å². The van der Waals surface area contributed by atoms with Crippen LogP contribution in [0.25, 0.3) is 0 Å². The maximum absolute atomic E-state index is 13.1. The van der Waals surface area contributed by atoms with Crippen molar-refractivity contribution in [2.24, 2.45) is 0 Å². The third-order valence-corrected chi connectivity index (χ3v) is 5.19. The molecular weight excluding hydrogens is 334 g/mol. The van der Waals surface area contributed by atoms with Gasteiger partial charge in [0.25, 0.3) is 0 Å². The van der Waals surface area contributed by atoms with Gasteiger partial charge in [0.1, 0.15) is 5.54 Å². The molecule has 0 aromatic heterocycles. The van der Waals surface area contributed by atoms with Crippen molar-refractivity contribution >= 4 is 11.8 Å². The van der Waals surface area contributed by atoms with E-state index in [1.54, 1.807) is 0 Å². The van der Waals surface area contributed by atoms with E-state index in [-0.39, 0.29) is 11.8 Å². The van der Waals surface area contributed by atoms with Gasteiger partial charge < -0.3 is 0 Å². The monoisotopic (exact) mass is 355 g/mol. The van der Waals surface area contributed by atoms with Gasteiger partial charge >= 0.3 is 0 Å². The molecule has 1 fully saturated rings. The Morgan fingerprint density at radius 1 is 0.556 bits per heavy atom. The SMILES string of the molecule is O=C1CCCC(=O)N1C(c1ccccc1)(c1ccccc1)c1ccccc1. The van der Waals surface area contributed by atoms with E-state index in [1.807, 2.05) is 91.0 Å². The first kappa shape index (κ1) is 17.2. The normalized spacial score (nSPS) is 15.0. The van der Waals surface area contributed by atoms with Crippen LogP contribution in [0.2, 0.25) is 0 Å². The molecule has 2 amide bonds. The molecule has 0 aliphatic carbocycles. The first-order valence-corrected chi connectivity index (χ1v) is 9.27. The summed E-state index contributed by atoms with van der Waals surface area (Å²) in [5.41, 5.74) is 1.75. The smallest absolute Gasteiger partial charge is 0.230 e. The van der Waals surface area contributed by atoms with Crippen LogP contribution in [-0.2, 0) is 15.1 Å². The molecule has 1 aliphatic rings. The van der Waals surface area contributed by atoms with Gasteiger partial charge in [0, 0.05) is 12.8 Å². The summed E-state index contributed by atoms with van der Waals surface area (Å²) in [5.74, 6) is -0.245. The molecular formula is C24H21NO2. The number of imide groups is 1. The third kappa shape index (κ3) is 2.85. The zero-order valence-corrected chi connectivity index (χ0v) is 15.0. The average Bonchev–Trinajstić information content (AvgIpc) is 2.73. The van der Waals surface area contributed by atoms with Crippen molar-refractivity contribution < 1.29 is 9.59 Å². The van der Waals surface area contributed by atoms with Crippen molar-refractivity contribution in [3.63, 3.8) is 0 Å². The molecule has 0 spiro atoms. The first-order chi connectivity index (χ1) is 13.2. The topological polar surface area (TPSA) is 37.4 Å². The van der Waals surface area contributed by atoms with Crippen molar-refractivity contribution in [3.05, 3.63) is 108 Å². The molecule has 3 nitrogen and oxygen atoms in total. The summed E-state index contributed by atoms with van der Waals surface area (Å²) in [7, 11) is 0. The van der Waals surface area contributed by atoms with E-state index in [0.29, 0.717) is 19.3 Å². The van der Waals surface area contributed by atoms with Crippen LogP contribution in [0.3, 0.4) is 0 Å². The third-order valence-electron chi connectivity index (χ3n) is 5.19. The molecule has 0 unspecified atom stereocenters. The summed E-state index contributed by atoms with van der Waals surface area (Å²) < 4.78 is 0. The van der Waals surface area contributed by atoms with Crippen LogP contribution in [0, 0.1) is 0 Å². The van der Waals surface area contributed by atoms with Crippen molar-refractivity contribution in [2.75, 3.05) is 0 Å². The lowest BCUT2D eigenvalue weighted by Gasteiger charge is -2.45. The van der Waals surface area contributed by atoms with E-state index in [0.717, 1.165) is 16.7 Å². The van der Waals surface area contributed by atoms with Gasteiger partial charge in [-0.25, -0.2) is 0 Å². The lowest BCUT2D eigenvalue weighted by molar-refractivity contribution is -0.153. The molecule has 3 aromatic carbocycles. The summed E-state index contributed by atoms with van der Waals surface area (Å²) in [5, 5.41) is 0. The summed E-state index contributed by atoms with van der Waals surface area (Å²) in [6, 6.07) is 29.5. The molecule has 0 atom stereocenters. The maximum atomic E-state index is 13.1. The maximum Gasteiger partial charge on any atom is 0.230 e. The second kappa shape index (κ2) is 7.20. The number of carbonyl (C=O) groups excluding carboxylic acids is 2. The van der Waals surface area contributed by atoms with E-state index < -0.39 is 5.54 Å². The van der Waals surface area contributed by atoms with Gasteiger partial charge in [0.05, 0.1) is 0 Å². The number of carbonyl (C=O) groups is 2. The Morgan fingerprint density at radius 2 is 0.889 bits per heavy atom. The minimum Gasteiger partial charge on any atom is -0.274 e. The number of hydrogen-bond acceptors (Lipinski definition) is 2. The first-order valence-electron chi connectivity index (χ1n) is 9.27. The highest BCUT2D eigenvalue weighted by Crippen LogP contribution is 2.44. The van der Waals surface area contributed by atoms with Crippen LogP contribution in [-0.4, -0.2) is 16.7 Å². The Hall–Kier alpha value is -3.20. The molecule has 3 aromatic rings. The Kier molecular flexibility index (Phi) is 4.59. The molecule has 0 N–H and O–H groups in total. The highest BCUT2D eigenvalue weighted by Gasteiger charge is 2.48. The van der Waals surface area contributed by atoms with E-state index in [1.165, 1.54) is 4.90 Å². The van der Waals surface area contributed by atoms with Crippen molar-refractivity contribution in [1.29, 1.82) is 0 Å². The number of piperidine rings is 1. The zero-order chi connectivity index (χ0) is 18.7. The van der Waals surface area contributed by atoms with Crippen LogP contribution < -0.4 is 0 Å². The van der Waals surface area contributed by atoms with Crippen LogP contribution in [0.15, 0.2) is 91.0 Å². The molecule has 1 saturated heterocycles. The lowest BCUT2D eigenvalue weighted by atomic mass is 9.74. The minimum absolute atomic E-state index is 0.122. The van der Waals surface area contributed by atoms with Crippen LogP contribution in [0.5, 0.6) is 0 Å². The molecule has 1 aliphatic heterocycles. The highest BCUT2D eigenvalue weighted by atomic mass is 16.2. The number of hydrogen-bond donors (Lipinski definition) is 0. The number of nitrogens with zero attached hydrogens (tertiary/aromatic N) is 1. The largest absolute Gasteiger partial charge is 0.274 e. The molecule has 4 rings (SSSR count). The number of benzene rings is 3. The van der Waals surface area contributed by atoms with Crippen LogP contribution >= 0.6 is 0 Å². The Labute approximate surface area is 159 Å². The van der Waals surface area contributed by atoms with Crippen molar-refractivity contribution in [3.8, 4) is 0 Å².